The van der Waals surface area contributed by atoms with Crippen molar-refractivity contribution in [1.82, 2.24) is 124 Å². The second-order valence-electron chi connectivity index (χ2n) is 37.8. The Kier molecular flexibility index (Phi) is 27.1. The first-order valence-corrected chi connectivity index (χ1v) is 48.4. The number of hydrogen-bond acceptors (Lipinski definition) is 37. The number of alkyl halides is 2. The van der Waals surface area contributed by atoms with Crippen LogP contribution in [0.3, 0.4) is 0 Å². The van der Waals surface area contributed by atoms with Gasteiger partial charge in [-0.3, -0.25) is 84.9 Å². The number of halogens is 6. The molecule has 49 nitrogen and oxygen atoms in total. The van der Waals surface area contributed by atoms with Crippen molar-refractivity contribution in [2.45, 2.75) is 190 Å². The largest absolute Gasteiger partial charge is 0.384 e. The van der Waals surface area contributed by atoms with Gasteiger partial charge in [0.2, 0.25) is 5.92 Å². The summed E-state index contributed by atoms with van der Waals surface area (Å²) >= 11 is 25.1. The van der Waals surface area contributed by atoms with Crippen molar-refractivity contribution in [1.29, 1.82) is 0 Å². The number of carbonyl (C=O) groups excluding carboxylic acids is 6. The van der Waals surface area contributed by atoms with Crippen molar-refractivity contribution in [2.75, 3.05) is 86.4 Å². The van der Waals surface area contributed by atoms with E-state index in [1.807, 2.05) is 14.0 Å². The number of piperidine rings is 1. The zero-order chi connectivity index (χ0) is 105. The Bertz CT molecular complexity index is 7710. The molecule has 0 radical (unpaired) electrons. The smallest absolute Gasteiger partial charge is 0.276 e. The molecule has 0 atom stereocenters. The van der Waals surface area contributed by atoms with Crippen LogP contribution in [0.4, 0.5) is 113 Å². The molecule has 4 saturated carbocycles. The molecule has 55 heteroatoms. The third kappa shape index (κ3) is 19.5. The number of aryl methyl sites for hydroxylation is 2. The van der Waals surface area contributed by atoms with E-state index in [9.17, 15) is 66.3 Å². The molecule has 12 aromatic heterocycles. The quantitative estimate of drug-likeness (QED) is 0.0545. The lowest BCUT2D eigenvalue weighted by Crippen LogP contribution is -2.53. The summed E-state index contributed by atoms with van der Waals surface area (Å²) in [5.74, 6) is -0.792. The molecule has 5 spiro atoms. The highest BCUT2D eigenvalue weighted by atomic mass is 35.5. The number of nitrogens with zero attached hydrogens (tertiary/aromatic N) is 19. The maximum atomic E-state index is 13.7. The molecular formula is C93H99Cl4F2N37O12. The summed E-state index contributed by atoms with van der Waals surface area (Å²) in [7, 11) is 2.01. The lowest BCUT2D eigenvalue weighted by Gasteiger charge is -2.39. The van der Waals surface area contributed by atoms with Gasteiger partial charge in [0.25, 0.3) is 68.8 Å². The van der Waals surface area contributed by atoms with Crippen LogP contribution >= 0.6 is 46.4 Å². The molecule has 6 amide bonds. The van der Waals surface area contributed by atoms with Gasteiger partial charge in [0, 0.05) is 75.2 Å². The fraction of sp³-hybridized carbons (Fsp3) is 0.355. The van der Waals surface area contributed by atoms with Gasteiger partial charge >= 0.3 is 0 Å². The molecule has 23 rings (SSSR count). The Morgan fingerprint density at radius 1 is 0.277 bits per heavy atom. The zero-order valence-electron chi connectivity index (χ0n) is 79.9. The maximum Gasteiger partial charge on any atom is 0.276 e. The van der Waals surface area contributed by atoms with Gasteiger partial charge < -0.3 is 103 Å². The van der Waals surface area contributed by atoms with Crippen LogP contribution in [-0.2, 0) is 34.0 Å². The summed E-state index contributed by atoms with van der Waals surface area (Å²) in [6.07, 6.45) is 19.5. The number of nitrogens with one attached hydrogen (secondary N) is 12. The number of likely N-dealkylation sites (tertiary alicyclic amines) is 1. The fourth-order valence-corrected chi connectivity index (χ4v) is 21.8. The number of hydrogen-bond donors (Lipinski definition) is 18. The van der Waals surface area contributed by atoms with Crippen molar-refractivity contribution in [2.24, 2.45) is 0 Å². The molecule has 24 N–H and O–H groups in total. The van der Waals surface area contributed by atoms with Crippen molar-refractivity contribution in [3.63, 3.8) is 0 Å². The standard InChI is InChI=1S/C17H18F2N6O2.C16H18ClN7O2.C16H17ClN6O2.C16H18N6O2.C15H15ClN6O2.C13H13ClN6O2/c1-9-6-10(23-12-7-11(20)21-8-22-12)15(27)25-13(9)14(26)24-17(25)4-2-16(18,19)3-5-17;1-23-4-2-16(3-5-23)22-14(25)13-9(17)6-10(15(26)24(13)16)21-12-7-11(18)19-8-20-12;17-9-6-10(21-12-7-11(18)19-8-20-12)15(25)23-13(9)14(24)22-16(23)4-2-1-3-5-16;1-9-6-10(20-12-7-11(17)18-8-19-12)15(24)22-13(9)14(23)21-16(22)4-2-3-5-16;16-8-5-9(20-11-6-10(17)18-7-19-11)14(24)22-12(8)13(23)21-15(22)3-1-2-4-15;1-13(2)19-11(21)10-6(14)3-7(12(22)20(10)13)18-9-4-8(15)16-5-17-9/h6-8H,2-5H2,1H3,(H,24,26)(H3,20,21,22,23);6-8H,2-5H2,1H3,(H,22,25)(H3,18,19,20,21);6-8H,1-5H2,(H,22,24)(H3,18,19,20,21);6-8H,2-5H2,1H3,(H,21,23)(H3,17,18,19,20);5-7H,1-4H2,(H,21,23)(H3,17,18,19,20);3-5H,1-2H3,(H,19,21)(H3,15,16,17,18). The second kappa shape index (κ2) is 39.5. The van der Waals surface area contributed by atoms with E-state index in [4.69, 9.17) is 80.8 Å². The van der Waals surface area contributed by atoms with Gasteiger partial charge in [-0.15, -0.1) is 0 Å². The van der Waals surface area contributed by atoms with Crippen LogP contribution in [0.1, 0.15) is 210 Å². The molecule has 4 aliphatic carbocycles. The maximum absolute atomic E-state index is 13.7. The van der Waals surface area contributed by atoms with E-state index in [-0.39, 0.29) is 176 Å². The lowest BCUT2D eigenvalue weighted by molar-refractivity contribution is -0.0667. The van der Waals surface area contributed by atoms with Crippen LogP contribution in [0, 0.1) is 13.8 Å². The Hall–Kier alpha value is -16.4. The average molecular weight is 2110 g/mol. The number of carbonyl (C=O) groups is 6. The van der Waals surface area contributed by atoms with Crippen LogP contribution in [0.15, 0.2) is 140 Å². The molecule has 1 saturated heterocycles. The first-order chi connectivity index (χ1) is 70.4. The molecule has 7 aliphatic heterocycles. The fourth-order valence-electron chi connectivity index (χ4n) is 20.7. The normalized spacial score (nSPS) is 17.9. The van der Waals surface area contributed by atoms with Gasteiger partial charge in [-0.2, -0.15) is 0 Å². The molecule has 770 valence electrons. The summed E-state index contributed by atoms with van der Waals surface area (Å²) in [6, 6.07) is 18.0. The van der Waals surface area contributed by atoms with E-state index in [0.717, 1.165) is 76.4 Å². The van der Waals surface area contributed by atoms with E-state index in [1.54, 1.807) is 43.5 Å². The highest BCUT2D eigenvalue weighted by molar-refractivity contribution is 6.35. The molecule has 12 aromatic rings. The number of anilines is 18. The molecule has 5 fully saturated rings. The van der Waals surface area contributed by atoms with Gasteiger partial charge in [-0.25, -0.2) is 68.6 Å². The lowest BCUT2D eigenvalue weighted by atomic mass is 9.86. The van der Waals surface area contributed by atoms with Crippen LogP contribution in [0.25, 0.3) is 0 Å². The van der Waals surface area contributed by atoms with Crippen LogP contribution < -0.4 is 132 Å². The van der Waals surface area contributed by atoms with Crippen LogP contribution in [-0.4, -0.2) is 154 Å². The Morgan fingerprint density at radius 2 is 0.486 bits per heavy atom. The molecule has 0 bridgehead atoms. The minimum absolute atomic E-state index is 0.0119. The van der Waals surface area contributed by atoms with Crippen LogP contribution in [0.2, 0.25) is 20.1 Å². The van der Waals surface area contributed by atoms with Gasteiger partial charge in [0.1, 0.15) is 210 Å². The van der Waals surface area contributed by atoms with Crippen molar-refractivity contribution >= 4 is 186 Å². The summed E-state index contributed by atoms with van der Waals surface area (Å²) in [5, 5.41) is 35.8. The van der Waals surface area contributed by atoms with E-state index in [2.05, 4.69) is 129 Å². The Balaban J connectivity index is 0.000000116. The van der Waals surface area contributed by atoms with E-state index >= 15 is 0 Å². The number of amides is 6. The molecular weight excluding hydrogens is 2010 g/mol. The number of fused-ring (bicyclic) bond motifs is 11. The van der Waals surface area contributed by atoms with Crippen LogP contribution in [0.5, 0.6) is 0 Å². The second-order valence-corrected chi connectivity index (χ2v) is 39.5. The summed E-state index contributed by atoms with van der Waals surface area (Å²) in [4.78, 5) is 201. The zero-order valence-corrected chi connectivity index (χ0v) is 82.9. The van der Waals surface area contributed by atoms with E-state index < -0.39 is 64.2 Å². The SMILES string of the molecule is CC1(C)NC(=O)c2c(Cl)cc(Nc3cc(N)ncn3)c(=O)n21.CN1CCC2(CC1)NC(=O)c1c(Cl)cc(Nc3cc(N)ncn3)c(=O)n12.Cc1cc(Nc2cc(N)ncn2)c(=O)n2c1C(=O)NC21CCC(F)(F)CC1.Cc1cc(Nc2cc(N)ncn2)c(=O)n2c1C(=O)NC21CCCC1.Nc1cc(Nc2cc(Cl)c3n(c2=O)C2(CCCC2)NC3=O)ncn1.Nc1cc(Nc2cc(Cl)c3n(c2=O)C2(CCCCC2)NC3=O)ncn1. The van der Waals surface area contributed by atoms with Crippen molar-refractivity contribution in [3.05, 3.63) is 238 Å². The number of aromatic nitrogens is 18. The topological polar surface area (TPSA) is 693 Å². The molecule has 0 unspecified atom stereocenters. The number of nitrogens with two attached hydrogens (primary N) is 6. The summed E-state index contributed by atoms with van der Waals surface area (Å²) in [6.45, 7) is 8.49. The Morgan fingerprint density at radius 3 is 0.750 bits per heavy atom. The van der Waals surface area contributed by atoms with Gasteiger partial charge in [-0.1, -0.05) is 52.8 Å². The predicted octanol–water partition coefficient (Wildman–Crippen LogP) is 8.48. The van der Waals surface area contributed by atoms with E-state index in [0.29, 0.717) is 96.2 Å². The number of rotatable bonds is 12. The molecule has 19 heterocycles. The summed E-state index contributed by atoms with van der Waals surface area (Å²) in [5.41, 5.74) is 31.3. The average Bonchev–Trinajstić information content (AvgIpc) is 1.59. The predicted molar refractivity (Wildman–Crippen MR) is 546 cm³/mol. The molecule has 11 aliphatic rings. The van der Waals surface area contributed by atoms with Gasteiger partial charge in [0.15, 0.2) is 0 Å². The number of pyridine rings is 6. The Labute approximate surface area is 856 Å². The van der Waals surface area contributed by atoms with Crippen molar-refractivity contribution < 1.29 is 37.5 Å². The monoisotopic (exact) mass is 2100 g/mol. The van der Waals surface area contributed by atoms with E-state index in [1.165, 1.54) is 115 Å². The minimum Gasteiger partial charge on any atom is -0.384 e. The summed E-state index contributed by atoms with van der Waals surface area (Å²) < 4.78 is 36.1. The highest BCUT2D eigenvalue weighted by Gasteiger charge is 2.54. The first-order valence-electron chi connectivity index (χ1n) is 46.9. The van der Waals surface area contributed by atoms with Gasteiger partial charge in [0.05, 0.1) is 20.1 Å². The number of nitrogen functional groups attached to an aromatic ring is 6. The first kappa shape index (κ1) is 102. The third-order valence-corrected chi connectivity index (χ3v) is 28.6. The molecule has 148 heavy (non-hydrogen) atoms. The minimum atomic E-state index is -2.79. The third-order valence-electron chi connectivity index (χ3n) is 27.4. The molecule has 0 aromatic carbocycles. The highest BCUT2D eigenvalue weighted by Crippen LogP contribution is 2.47. The van der Waals surface area contributed by atoms with Crippen molar-refractivity contribution in [3.8, 4) is 0 Å². The van der Waals surface area contributed by atoms with Gasteiger partial charge in [-0.05, 0) is 172 Å².